The van der Waals surface area contributed by atoms with Crippen LogP contribution in [0.4, 0.5) is 5.69 Å². The predicted molar refractivity (Wildman–Crippen MR) is 127 cm³/mol. The summed E-state index contributed by atoms with van der Waals surface area (Å²) >= 11 is 1.24. The average molecular weight is 451 g/mol. The number of aromatic nitrogens is 2. The van der Waals surface area contributed by atoms with Gasteiger partial charge in [0.15, 0.2) is 5.16 Å². The molecule has 0 atom stereocenters. The van der Waals surface area contributed by atoms with E-state index in [0.717, 1.165) is 12.2 Å². The van der Waals surface area contributed by atoms with Crippen LogP contribution in [0.3, 0.4) is 0 Å². The number of hydrogen-bond donors (Lipinski definition) is 0. The van der Waals surface area contributed by atoms with Crippen LogP contribution in [0.15, 0.2) is 58.5 Å². The molecule has 0 aliphatic rings. The molecule has 0 aliphatic carbocycles. The molecule has 0 unspecified atom stereocenters. The maximum Gasteiger partial charge on any atom is 0.262 e. The maximum absolute atomic E-state index is 13.1. The van der Waals surface area contributed by atoms with Crippen molar-refractivity contribution in [2.45, 2.75) is 38.4 Å². The number of carbonyl (C=O) groups is 1. The SMILES string of the molecule is CCCn1c(SCC(=O)N(CCC#N)c2ccc(OCC)cc2)nc2ccccc2c1=O. The van der Waals surface area contributed by atoms with Crippen LogP contribution in [0.2, 0.25) is 0 Å². The first-order valence-electron chi connectivity index (χ1n) is 10.6. The van der Waals surface area contributed by atoms with Crippen molar-refractivity contribution in [3.8, 4) is 11.8 Å². The molecule has 0 fully saturated rings. The van der Waals surface area contributed by atoms with Crippen molar-refractivity contribution in [1.29, 1.82) is 5.26 Å². The molecule has 3 aromatic rings. The number of nitriles is 1. The largest absolute Gasteiger partial charge is 0.494 e. The second kappa shape index (κ2) is 11.3. The minimum absolute atomic E-state index is 0.0970. The Bertz CT molecular complexity index is 1170. The number of amides is 1. The summed E-state index contributed by atoms with van der Waals surface area (Å²) in [6.45, 7) is 5.29. The van der Waals surface area contributed by atoms with E-state index in [0.29, 0.717) is 34.9 Å². The van der Waals surface area contributed by atoms with Gasteiger partial charge in [-0.15, -0.1) is 0 Å². The van der Waals surface area contributed by atoms with E-state index in [2.05, 4.69) is 11.1 Å². The zero-order valence-electron chi connectivity index (χ0n) is 18.3. The second-order valence-corrected chi connectivity index (χ2v) is 7.98. The van der Waals surface area contributed by atoms with Crippen LogP contribution in [0.1, 0.15) is 26.7 Å². The monoisotopic (exact) mass is 450 g/mol. The fourth-order valence-electron chi connectivity index (χ4n) is 3.33. The molecule has 0 radical (unpaired) electrons. The summed E-state index contributed by atoms with van der Waals surface area (Å²) in [7, 11) is 0. The highest BCUT2D eigenvalue weighted by Crippen LogP contribution is 2.23. The molecule has 7 nitrogen and oxygen atoms in total. The fraction of sp³-hybridized carbons (Fsp3) is 0.333. The van der Waals surface area contributed by atoms with Gasteiger partial charge in [-0.05, 0) is 49.7 Å². The van der Waals surface area contributed by atoms with E-state index in [1.54, 1.807) is 21.6 Å². The van der Waals surface area contributed by atoms with Crippen LogP contribution >= 0.6 is 11.8 Å². The van der Waals surface area contributed by atoms with E-state index in [4.69, 9.17) is 10.00 Å². The van der Waals surface area contributed by atoms with Crippen LogP contribution in [0, 0.1) is 11.3 Å². The van der Waals surface area contributed by atoms with Gasteiger partial charge in [0.2, 0.25) is 5.91 Å². The third-order valence-corrected chi connectivity index (χ3v) is 5.77. The lowest BCUT2D eigenvalue weighted by atomic mass is 10.2. The predicted octanol–water partition coefficient (Wildman–Crippen LogP) is 4.24. The van der Waals surface area contributed by atoms with E-state index < -0.39 is 0 Å². The lowest BCUT2D eigenvalue weighted by molar-refractivity contribution is -0.116. The molecule has 0 N–H and O–H groups in total. The van der Waals surface area contributed by atoms with Gasteiger partial charge in [-0.3, -0.25) is 14.2 Å². The van der Waals surface area contributed by atoms with Gasteiger partial charge in [0.25, 0.3) is 5.56 Å². The summed E-state index contributed by atoms with van der Waals surface area (Å²) in [5, 5.41) is 10.1. The quantitative estimate of drug-likeness (QED) is 0.339. The van der Waals surface area contributed by atoms with Crippen LogP contribution in [-0.4, -0.2) is 34.4 Å². The number of fused-ring (bicyclic) bond motifs is 1. The number of benzene rings is 2. The van der Waals surface area contributed by atoms with Gasteiger partial charge in [0.1, 0.15) is 5.75 Å². The Hall–Kier alpha value is -3.31. The number of hydrogen-bond acceptors (Lipinski definition) is 6. The summed E-state index contributed by atoms with van der Waals surface area (Å²) in [5.74, 6) is 0.676. The van der Waals surface area contributed by atoms with E-state index in [9.17, 15) is 9.59 Å². The zero-order chi connectivity index (χ0) is 22.9. The number of rotatable bonds is 10. The highest BCUT2D eigenvalue weighted by Gasteiger charge is 2.18. The molecule has 166 valence electrons. The standard InChI is InChI=1S/C24H26N4O3S/c1-3-15-28-23(30)20-8-5-6-9-21(20)26-24(28)32-17-22(29)27(16-7-14-25)18-10-12-19(13-11-18)31-4-2/h5-6,8-13H,3-4,7,15-17H2,1-2H3. The Balaban J connectivity index is 1.84. The van der Waals surface area contributed by atoms with Crippen LogP contribution < -0.4 is 15.2 Å². The van der Waals surface area contributed by atoms with Crippen molar-refractivity contribution >= 4 is 34.3 Å². The average Bonchev–Trinajstić information content (AvgIpc) is 2.81. The second-order valence-electron chi connectivity index (χ2n) is 7.04. The van der Waals surface area contributed by atoms with Gasteiger partial charge in [0.05, 0.1) is 35.8 Å². The number of para-hydroxylation sites is 1. The van der Waals surface area contributed by atoms with E-state index in [1.165, 1.54) is 11.8 Å². The number of nitrogens with zero attached hydrogens (tertiary/aromatic N) is 4. The van der Waals surface area contributed by atoms with E-state index in [-0.39, 0.29) is 30.2 Å². The van der Waals surface area contributed by atoms with Crippen molar-refractivity contribution in [3.05, 3.63) is 58.9 Å². The molecule has 1 heterocycles. The van der Waals surface area contributed by atoms with Crippen molar-refractivity contribution in [2.75, 3.05) is 23.8 Å². The first-order chi connectivity index (χ1) is 15.6. The first-order valence-corrected chi connectivity index (χ1v) is 11.6. The topological polar surface area (TPSA) is 88.2 Å². The summed E-state index contributed by atoms with van der Waals surface area (Å²) in [4.78, 5) is 32.3. The first kappa shape index (κ1) is 23.4. The van der Waals surface area contributed by atoms with Crippen molar-refractivity contribution in [1.82, 2.24) is 9.55 Å². The molecular formula is C24H26N4O3S. The van der Waals surface area contributed by atoms with Gasteiger partial charge in [-0.25, -0.2) is 4.98 Å². The van der Waals surface area contributed by atoms with E-state index >= 15 is 0 Å². The molecule has 0 saturated heterocycles. The number of ether oxygens (including phenoxy) is 1. The summed E-state index contributed by atoms with van der Waals surface area (Å²) in [5.41, 5.74) is 1.22. The molecule has 0 spiro atoms. The molecule has 2 aromatic carbocycles. The van der Waals surface area contributed by atoms with Crippen LogP contribution in [-0.2, 0) is 11.3 Å². The lowest BCUT2D eigenvalue weighted by Crippen LogP contribution is -2.33. The Morgan fingerprint density at radius 2 is 1.94 bits per heavy atom. The molecule has 0 saturated carbocycles. The number of anilines is 1. The molecular weight excluding hydrogens is 424 g/mol. The molecule has 32 heavy (non-hydrogen) atoms. The van der Waals surface area contributed by atoms with Gasteiger partial charge in [0, 0.05) is 18.8 Å². The summed E-state index contributed by atoms with van der Waals surface area (Å²) in [6.07, 6.45) is 1.00. The normalized spacial score (nSPS) is 10.7. The number of thioether (sulfide) groups is 1. The summed E-state index contributed by atoms with van der Waals surface area (Å²) < 4.78 is 7.11. The van der Waals surface area contributed by atoms with Gasteiger partial charge in [-0.2, -0.15) is 5.26 Å². The zero-order valence-corrected chi connectivity index (χ0v) is 19.1. The third-order valence-electron chi connectivity index (χ3n) is 4.81. The minimum atomic E-state index is -0.153. The number of carbonyl (C=O) groups excluding carboxylic acids is 1. The van der Waals surface area contributed by atoms with Gasteiger partial charge in [-0.1, -0.05) is 30.8 Å². The Kier molecular flexibility index (Phi) is 8.28. The van der Waals surface area contributed by atoms with E-state index in [1.807, 2.05) is 50.2 Å². The molecule has 3 rings (SSSR count). The smallest absolute Gasteiger partial charge is 0.262 e. The third kappa shape index (κ3) is 5.48. The van der Waals surface area contributed by atoms with Crippen molar-refractivity contribution < 1.29 is 9.53 Å². The van der Waals surface area contributed by atoms with Gasteiger partial charge >= 0.3 is 0 Å². The van der Waals surface area contributed by atoms with Crippen LogP contribution in [0.25, 0.3) is 10.9 Å². The maximum atomic E-state index is 13.1. The Labute approximate surface area is 191 Å². The Morgan fingerprint density at radius 1 is 1.19 bits per heavy atom. The van der Waals surface area contributed by atoms with Crippen molar-refractivity contribution in [3.63, 3.8) is 0 Å². The molecule has 1 aromatic heterocycles. The van der Waals surface area contributed by atoms with Gasteiger partial charge < -0.3 is 9.64 Å². The molecule has 0 bridgehead atoms. The van der Waals surface area contributed by atoms with Crippen molar-refractivity contribution in [2.24, 2.45) is 0 Å². The minimum Gasteiger partial charge on any atom is -0.494 e. The Morgan fingerprint density at radius 3 is 2.62 bits per heavy atom. The molecule has 0 aliphatic heterocycles. The molecule has 8 heteroatoms. The van der Waals surface area contributed by atoms with Crippen LogP contribution in [0.5, 0.6) is 5.75 Å². The summed E-state index contributed by atoms with van der Waals surface area (Å²) in [6, 6.07) is 16.6. The highest BCUT2D eigenvalue weighted by molar-refractivity contribution is 7.99. The fourth-order valence-corrected chi connectivity index (χ4v) is 4.23. The lowest BCUT2D eigenvalue weighted by Gasteiger charge is -2.22. The highest BCUT2D eigenvalue weighted by atomic mass is 32.2. The molecule has 1 amide bonds.